The molecule has 112 valence electrons. The summed E-state index contributed by atoms with van der Waals surface area (Å²) in [4.78, 5) is 0. The van der Waals surface area contributed by atoms with Gasteiger partial charge in [0.05, 0.1) is 13.2 Å². The molecule has 0 spiro atoms. The minimum Gasteiger partial charge on any atom is -0.494 e. The van der Waals surface area contributed by atoms with Crippen molar-refractivity contribution < 1.29 is 19.0 Å². The molecule has 0 heterocycles. The molecule has 2 aromatic rings. The highest BCUT2D eigenvalue weighted by molar-refractivity contribution is 5.37. The zero-order valence-electron chi connectivity index (χ0n) is 12.4. The maximum absolute atomic E-state index is 14.0. The molecule has 4 heteroatoms. The first-order chi connectivity index (χ1) is 10.0. The summed E-state index contributed by atoms with van der Waals surface area (Å²) in [6.07, 6.45) is -0.520. The third-order valence-corrected chi connectivity index (χ3v) is 3.33. The Morgan fingerprint density at radius 2 is 1.95 bits per heavy atom. The second kappa shape index (κ2) is 6.59. The van der Waals surface area contributed by atoms with Crippen molar-refractivity contribution in [3.05, 3.63) is 58.9 Å². The zero-order valence-corrected chi connectivity index (χ0v) is 12.4. The molecule has 0 fully saturated rings. The fraction of sp³-hybridized carbons (Fsp3) is 0.294. The van der Waals surface area contributed by atoms with Gasteiger partial charge in [-0.15, -0.1) is 0 Å². The quantitative estimate of drug-likeness (QED) is 0.911. The summed E-state index contributed by atoms with van der Waals surface area (Å²) in [7, 11) is 1.43. The van der Waals surface area contributed by atoms with Crippen molar-refractivity contribution in [1.82, 2.24) is 0 Å². The Balaban J connectivity index is 2.13. The van der Waals surface area contributed by atoms with E-state index in [9.17, 15) is 9.50 Å². The van der Waals surface area contributed by atoms with E-state index < -0.39 is 11.9 Å². The minimum absolute atomic E-state index is 0.123. The van der Waals surface area contributed by atoms with Gasteiger partial charge in [-0.05, 0) is 43.2 Å². The SMILES string of the molecule is COc1cccc(COc2ccc([C@H](C)O)cc2C)c1F. The molecular weight excluding hydrogens is 271 g/mol. The molecule has 0 aromatic heterocycles. The molecule has 0 aliphatic rings. The van der Waals surface area contributed by atoms with Crippen molar-refractivity contribution in [1.29, 1.82) is 0 Å². The van der Waals surface area contributed by atoms with Crippen molar-refractivity contribution in [2.24, 2.45) is 0 Å². The van der Waals surface area contributed by atoms with Crippen molar-refractivity contribution in [2.75, 3.05) is 7.11 Å². The van der Waals surface area contributed by atoms with Crippen molar-refractivity contribution in [2.45, 2.75) is 26.6 Å². The number of ether oxygens (including phenoxy) is 2. The number of methoxy groups -OCH3 is 1. The lowest BCUT2D eigenvalue weighted by atomic mass is 10.1. The Hall–Kier alpha value is -2.07. The van der Waals surface area contributed by atoms with E-state index in [-0.39, 0.29) is 12.4 Å². The van der Waals surface area contributed by atoms with Gasteiger partial charge in [0.25, 0.3) is 0 Å². The molecule has 0 aliphatic heterocycles. The number of aryl methyl sites for hydroxylation is 1. The van der Waals surface area contributed by atoms with Crippen LogP contribution in [0.2, 0.25) is 0 Å². The van der Waals surface area contributed by atoms with Crippen molar-refractivity contribution in [3.8, 4) is 11.5 Å². The fourth-order valence-corrected chi connectivity index (χ4v) is 2.08. The number of aliphatic hydroxyl groups is 1. The Labute approximate surface area is 124 Å². The predicted octanol–water partition coefficient (Wildman–Crippen LogP) is 3.78. The molecule has 0 radical (unpaired) electrons. The Morgan fingerprint density at radius 1 is 1.19 bits per heavy atom. The molecule has 0 aliphatic carbocycles. The van der Waals surface area contributed by atoms with Gasteiger partial charge in [-0.2, -0.15) is 0 Å². The van der Waals surface area contributed by atoms with Gasteiger partial charge in [0.2, 0.25) is 0 Å². The molecular formula is C17H19FO3. The molecule has 0 saturated carbocycles. The molecule has 0 saturated heterocycles. The highest BCUT2D eigenvalue weighted by Gasteiger charge is 2.10. The van der Waals surface area contributed by atoms with Crippen LogP contribution in [-0.2, 0) is 6.61 Å². The average Bonchev–Trinajstić information content (AvgIpc) is 2.47. The molecule has 1 N–H and O–H groups in total. The zero-order chi connectivity index (χ0) is 15.4. The smallest absolute Gasteiger partial charge is 0.171 e. The van der Waals surface area contributed by atoms with Crippen LogP contribution in [0.5, 0.6) is 11.5 Å². The van der Waals surface area contributed by atoms with Gasteiger partial charge in [0.1, 0.15) is 12.4 Å². The maximum atomic E-state index is 14.0. The molecule has 0 amide bonds. The lowest BCUT2D eigenvalue weighted by molar-refractivity contribution is 0.199. The van der Waals surface area contributed by atoms with Crippen LogP contribution in [0.25, 0.3) is 0 Å². The van der Waals surface area contributed by atoms with E-state index in [4.69, 9.17) is 9.47 Å². The van der Waals surface area contributed by atoms with Crippen LogP contribution < -0.4 is 9.47 Å². The normalized spacial score (nSPS) is 12.0. The fourth-order valence-electron chi connectivity index (χ4n) is 2.08. The van der Waals surface area contributed by atoms with E-state index in [1.54, 1.807) is 37.3 Å². The predicted molar refractivity (Wildman–Crippen MR) is 79.1 cm³/mol. The first-order valence-corrected chi connectivity index (χ1v) is 6.75. The summed E-state index contributed by atoms with van der Waals surface area (Å²) in [5.74, 6) is 0.470. The molecule has 2 aromatic carbocycles. The van der Waals surface area contributed by atoms with E-state index >= 15 is 0 Å². The van der Waals surface area contributed by atoms with Gasteiger partial charge in [-0.1, -0.05) is 18.2 Å². The lowest BCUT2D eigenvalue weighted by Crippen LogP contribution is -2.02. The van der Waals surface area contributed by atoms with E-state index in [1.165, 1.54) is 7.11 Å². The second-order valence-corrected chi connectivity index (χ2v) is 4.92. The minimum atomic E-state index is -0.520. The van der Waals surface area contributed by atoms with Crippen molar-refractivity contribution >= 4 is 0 Å². The van der Waals surface area contributed by atoms with E-state index in [1.807, 2.05) is 13.0 Å². The van der Waals surface area contributed by atoms with Crippen LogP contribution in [0, 0.1) is 12.7 Å². The highest BCUT2D eigenvalue weighted by atomic mass is 19.1. The molecule has 2 rings (SSSR count). The van der Waals surface area contributed by atoms with Gasteiger partial charge in [-0.3, -0.25) is 0 Å². The van der Waals surface area contributed by atoms with E-state index in [0.717, 1.165) is 11.1 Å². The molecule has 3 nitrogen and oxygen atoms in total. The summed E-state index contributed by atoms with van der Waals surface area (Å²) in [5, 5.41) is 9.54. The van der Waals surface area contributed by atoms with E-state index in [0.29, 0.717) is 11.3 Å². The van der Waals surface area contributed by atoms with Gasteiger partial charge in [0, 0.05) is 5.56 Å². The van der Waals surface area contributed by atoms with Gasteiger partial charge < -0.3 is 14.6 Å². The maximum Gasteiger partial charge on any atom is 0.171 e. The largest absolute Gasteiger partial charge is 0.494 e. The third-order valence-electron chi connectivity index (χ3n) is 3.33. The summed E-state index contributed by atoms with van der Waals surface area (Å²) < 4.78 is 24.6. The molecule has 0 bridgehead atoms. The summed E-state index contributed by atoms with van der Waals surface area (Å²) in [5.41, 5.74) is 2.16. The number of aliphatic hydroxyl groups excluding tert-OH is 1. The Morgan fingerprint density at radius 3 is 2.57 bits per heavy atom. The van der Waals surface area contributed by atoms with Crippen LogP contribution >= 0.6 is 0 Å². The summed E-state index contributed by atoms with van der Waals surface area (Å²) in [6.45, 7) is 3.72. The van der Waals surface area contributed by atoms with Crippen molar-refractivity contribution in [3.63, 3.8) is 0 Å². The van der Waals surface area contributed by atoms with Gasteiger partial charge >= 0.3 is 0 Å². The Bertz CT molecular complexity index is 623. The Kier molecular flexibility index (Phi) is 4.81. The van der Waals surface area contributed by atoms with Crippen LogP contribution in [-0.4, -0.2) is 12.2 Å². The van der Waals surface area contributed by atoms with Crippen LogP contribution in [0.15, 0.2) is 36.4 Å². The van der Waals surface area contributed by atoms with Crippen LogP contribution in [0.4, 0.5) is 4.39 Å². The number of rotatable bonds is 5. The lowest BCUT2D eigenvalue weighted by Gasteiger charge is -2.13. The number of hydrogen-bond donors (Lipinski definition) is 1. The number of benzene rings is 2. The summed E-state index contributed by atoms with van der Waals surface area (Å²) >= 11 is 0. The molecule has 0 unspecified atom stereocenters. The third kappa shape index (κ3) is 3.52. The van der Waals surface area contributed by atoms with Gasteiger partial charge in [0.15, 0.2) is 11.6 Å². The van der Waals surface area contributed by atoms with Gasteiger partial charge in [-0.25, -0.2) is 4.39 Å². The first kappa shape index (κ1) is 15.3. The average molecular weight is 290 g/mol. The summed E-state index contributed by atoms with van der Waals surface area (Å²) in [6, 6.07) is 10.4. The van der Waals surface area contributed by atoms with Crippen LogP contribution in [0.3, 0.4) is 0 Å². The van der Waals surface area contributed by atoms with Crippen LogP contribution in [0.1, 0.15) is 29.7 Å². The molecule has 1 atom stereocenters. The molecule has 21 heavy (non-hydrogen) atoms. The second-order valence-electron chi connectivity index (χ2n) is 4.92. The monoisotopic (exact) mass is 290 g/mol. The standard InChI is InChI=1S/C17H19FO3/c1-11-9-13(12(2)19)7-8-15(11)21-10-14-5-4-6-16(20-3)17(14)18/h4-9,12,19H,10H2,1-3H3/t12-/m0/s1. The first-order valence-electron chi connectivity index (χ1n) is 6.75. The number of hydrogen-bond acceptors (Lipinski definition) is 3. The highest BCUT2D eigenvalue weighted by Crippen LogP contribution is 2.25. The van der Waals surface area contributed by atoms with E-state index in [2.05, 4.69) is 0 Å². The number of halogens is 1. The topological polar surface area (TPSA) is 38.7 Å².